The van der Waals surface area contributed by atoms with Gasteiger partial charge in [0.2, 0.25) is 53.2 Å². The van der Waals surface area contributed by atoms with Crippen molar-refractivity contribution in [2.75, 3.05) is 85.5 Å². The molecule has 3 aliphatic heterocycles. The van der Waals surface area contributed by atoms with Crippen molar-refractivity contribution in [1.29, 1.82) is 0 Å². The number of rotatable bonds is 47. The minimum Gasteiger partial charge on any atom is -0.394 e. The van der Waals surface area contributed by atoms with Crippen LogP contribution in [0.1, 0.15) is 118 Å². The minimum atomic E-state index is -1.75. The zero-order chi connectivity index (χ0) is 71.3. The third-order valence-corrected chi connectivity index (χ3v) is 15.5. The summed E-state index contributed by atoms with van der Waals surface area (Å²) in [6.07, 6.45) is -11.8. The molecule has 3 heterocycles. The molecule has 37 heteroatoms. The van der Waals surface area contributed by atoms with Crippen LogP contribution >= 0.6 is 0 Å². The van der Waals surface area contributed by atoms with E-state index in [4.69, 9.17) is 28.4 Å². The second-order valence-electron chi connectivity index (χ2n) is 23.7. The maximum Gasteiger partial charge on any atom is 0.239 e. The van der Waals surface area contributed by atoms with Gasteiger partial charge in [-0.1, -0.05) is 38.5 Å². The van der Waals surface area contributed by atoms with Crippen LogP contribution in [-0.4, -0.2) is 306 Å². The van der Waals surface area contributed by atoms with Crippen LogP contribution < -0.4 is 58.5 Å². The minimum absolute atomic E-state index is 0.126. The van der Waals surface area contributed by atoms with Crippen molar-refractivity contribution < 1.29 is 127 Å². The van der Waals surface area contributed by atoms with Gasteiger partial charge in [-0.2, -0.15) is 0 Å². The van der Waals surface area contributed by atoms with Crippen molar-refractivity contribution >= 4 is 58.9 Å². The molecule has 0 aromatic rings. The Kier molecular flexibility index (Phi) is 40.8. The van der Waals surface area contributed by atoms with Crippen molar-refractivity contribution in [2.45, 2.75) is 228 Å². The van der Waals surface area contributed by atoms with E-state index in [0.29, 0.717) is 77.0 Å². The fraction of sp³-hybridized carbons (Fsp3) is 0.831. The van der Waals surface area contributed by atoms with Crippen LogP contribution in [-0.2, 0) is 76.4 Å². The molecule has 0 saturated carbocycles. The average molecular weight is 1380 g/mol. The second-order valence-corrected chi connectivity index (χ2v) is 23.7. The lowest BCUT2D eigenvalue weighted by atomic mass is 9.97. The summed E-state index contributed by atoms with van der Waals surface area (Å²) in [5.41, 5.74) is 0. The van der Waals surface area contributed by atoms with Gasteiger partial charge in [0.25, 0.3) is 0 Å². The Morgan fingerprint density at radius 1 is 0.396 bits per heavy atom. The summed E-state index contributed by atoms with van der Waals surface area (Å²) >= 11 is 0. The molecule has 18 atom stereocenters. The molecule has 37 nitrogen and oxygen atoms in total. The van der Waals surface area contributed by atoms with Gasteiger partial charge in [-0.05, 0) is 45.4 Å². The smallest absolute Gasteiger partial charge is 0.239 e. The maximum atomic E-state index is 13.7. The number of aliphatic hydroxyl groups excluding tert-OH is 10. The second kappa shape index (κ2) is 46.5. The van der Waals surface area contributed by atoms with Gasteiger partial charge in [-0.15, -0.1) is 0 Å². The fourth-order valence-corrected chi connectivity index (χ4v) is 10.4. The maximum absolute atomic E-state index is 13.7. The summed E-state index contributed by atoms with van der Waals surface area (Å²) in [5.74, 6) is -6.25. The molecule has 0 spiro atoms. The first-order valence-electron chi connectivity index (χ1n) is 32.5. The van der Waals surface area contributed by atoms with E-state index in [1.807, 2.05) is 0 Å². The summed E-state index contributed by atoms with van der Waals surface area (Å²) in [4.78, 5) is 126. The summed E-state index contributed by atoms with van der Waals surface area (Å²) in [6.45, 7) is 2.18. The van der Waals surface area contributed by atoms with Gasteiger partial charge in [0.1, 0.15) is 85.1 Å². The van der Waals surface area contributed by atoms with E-state index in [0.717, 1.165) is 0 Å². The van der Waals surface area contributed by atoms with Gasteiger partial charge in [0.15, 0.2) is 18.9 Å². The van der Waals surface area contributed by atoms with Gasteiger partial charge in [-0.3, -0.25) is 58.6 Å². The van der Waals surface area contributed by atoms with Crippen LogP contribution in [0, 0.1) is 0 Å². The number of ether oxygens (including phenoxy) is 6. The molecule has 0 aromatic carbocycles. The summed E-state index contributed by atoms with van der Waals surface area (Å²) in [5, 5.41) is 130. The number of hydrogen-bond acceptors (Lipinski definition) is 28. The third kappa shape index (κ3) is 31.8. The molecule has 552 valence electrons. The molecule has 21 N–H and O–H groups in total. The van der Waals surface area contributed by atoms with Crippen LogP contribution in [0.4, 0.5) is 0 Å². The quantitative estimate of drug-likeness (QED) is 0.0199. The lowest BCUT2D eigenvalue weighted by molar-refractivity contribution is -0.270. The highest BCUT2D eigenvalue weighted by Gasteiger charge is 2.48. The SMILES string of the molecule is CC(=O)CNC(C[C@H](O)NC(CC(=O)NCC(=O)NCCCCCCO[C@@H]1OC(CO)[C@H](O)[C@H](O)C1NC(C)=O)C(=O)NCC(=O)NCCCCCCO[C@@H]1OC(CO)[C@H](O)[C@H](O)C1NC(C)=O)C(=O)NCC(=O)NCCCCCCO[C@@H]1OC(CO)[C@H](O)[C@H](O)C1NC(C)=O. The van der Waals surface area contributed by atoms with Crippen LogP contribution in [0.2, 0.25) is 0 Å². The number of carbonyl (C=O) groups is 10. The first-order valence-corrected chi connectivity index (χ1v) is 32.5. The topological polar surface area (TPSA) is 561 Å². The monoisotopic (exact) mass is 1380 g/mol. The molecule has 8 unspecified atom stereocenters. The Bertz CT molecular complexity index is 2390. The Morgan fingerprint density at radius 2 is 0.719 bits per heavy atom. The predicted octanol–water partition coefficient (Wildman–Crippen LogP) is -9.15. The molecule has 0 radical (unpaired) electrons. The number of Topliss-reactive ketones (excluding diaryl/α,β-unsaturated/α-hetero) is 1. The largest absolute Gasteiger partial charge is 0.394 e. The van der Waals surface area contributed by atoms with E-state index >= 15 is 0 Å². The number of hydrogen-bond donors (Lipinski definition) is 21. The highest BCUT2D eigenvalue weighted by atomic mass is 16.7. The van der Waals surface area contributed by atoms with Crippen LogP contribution in [0.15, 0.2) is 0 Å². The summed E-state index contributed by atoms with van der Waals surface area (Å²) in [7, 11) is 0. The van der Waals surface area contributed by atoms with E-state index in [2.05, 4.69) is 58.5 Å². The average Bonchev–Trinajstić information content (AvgIpc) is 0.834. The van der Waals surface area contributed by atoms with Crippen LogP contribution in [0.3, 0.4) is 0 Å². The molecular weight excluding hydrogens is 1280 g/mol. The zero-order valence-electron chi connectivity index (χ0n) is 55.0. The summed E-state index contributed by atoms with van der Waals surface area (Å²) < 4.78 is 33.8. The molecular formula is C59H105N11O26. The number of nitrogens with one attached hydrogen (secondary N) is 11. The fourth-order valence-electron chi connectivity index (χ4n) is 10.4. The Hall–Kier alpha value is -5.82. The first kappa shape index (κ1) is 84.4. The van der Waals surface area contributed by atoms with Crippen molar-refractivity contribution in [3.63, 3.8) is 0 Å². The highest BCUT2D eigenvalue weighted by Crippen LogP contribution is 2.25. The Labute approximate surface area is 556 Å². The van der Waals surface area contributed by atoms with Gasteiger partial charge in [0, 0.05) is 66.6 Å². The highest BCUT2D eigenvalue weighted by molar-refractivity contribution is 5.92. The van der Waals surface area contributed by atoms with Crippen LogP contribution in [0.25, 0.3) is 0 Å². The molecule has 3 fully saturated rings. The lowest BCUT2D eigenvalue weighted by Crippen LogP contribution is -2.64. The number of unbranched alkanes of at least 4 members (excludes halogenated alkanes) is 9. The normalized spacial score (nSPS) is 26.6. The number of carbonyl (C=O) groups excluding carboxylic acids is 10. The number of aliphatic hydroxyl groups is 10. The zero-order valence-corrected chi connectivity index (χ0v) is 55.0. The van der Waals surface area contributed by atoms with Crippen molar-refractivity contribution in [1.82, 2.24) is 58.5 Å². The lowest BCUT2D eigenvalue weighted by Gasteiger charge is -2.42. The van der Waals surface area contributed by atoms with Crippen molar-refractivity contribution in [2.24, 2.45) is 0 Å². The van der Waals surface area contributed by atoms with E-state index < -0.39 is 221 Å². The first-order chi connectivity index (χ1) is 45.7. The number of amides is 9. The van der Waals surface area contributed by atoms with Crippen LogP contribution in [0.5, 0.6) is 0 Å². The van der Waals surface area contributed by atoms with E-state index in [9.17, 15) is 99.0 Å². The van der Waals surface area contributed by atoms with Crippen molar-refractivity contribution in [3.8, 4) is 0 Å². The van der Waals surface area contributed by atoms with Gasteiger partial charge >= 0.3 is 0 Å². The molecule has 0 bridgehead atoms. The van der Waals surface area contributed by atoms with E-state index in [1.165, 1.54) is 27.7 Å². The summed E-state index contributed by atoms with van der Waals surface area (Å²) in [6, 6.07) is -6.19. The van der Waals surface area contributed by atoms with Gasteiger partial charge in [0.05, 0.1) is 64.5 Å². The van der Waals surface area contributed by atoms with Gasteiger partial charge < -0.3 is 127 Å². The molecule has 96 heavy (non-hydrogen) atoms. The third-order valence-electron chi connectivity index (χ3n) is 15.5. The van der Waals surface area contributed by atoms with E-state index in [-0.39, 0.29) is 46.0 Å². The molecule has 0 aromatic heterocycles. The molecule has 9 amide bonds. The Morgan fingerprint density at radius 3 is 1.04 bits per heavy atom. The molecule has 3 rings (SSSR count). The molecule has 3 saturated heterocycles. The molecule has 3 aliphatic rings. The van der Waals surface area contributed by atoms with E-state index in [1.54, 1.807) is 0 Å². The standard InChI is InChI=1S/C59H105N11O26/c1-32(74)25-63-36(55(89)65-27-44(81)61-18-12-6-9-15-21-92-58-47(68-34(3)76)53(87)50(84)39(30-72)95-58)23-42(79)70-37(56(90)66-28-45(82)62-19-13-7-10-16-22-93-59-48(69-35(4)77)54(88)51(85)40(31-73)96-59)24-41(78)64-26-43(80)60-17-11-5-8-14-20-91-57-46(67-33(2)75)52(86)49(83)38(29-71)94-57/h36-40,42,46-54,57-59,63,70-73,79,83-88H,5-31H2,1-4H3,(H,60,80)(H,61,81)(H,62,82)(H,64,78)(H,65,89)(H,66,90)(H,67,75)(H,68,76)(H,69,77)/t36?,37?,38?,39?,40?,42-,46?,47?,48?,49-,50-,51-,52+,53+,54+,57+,58+,59+/m0/s1. The molecule has 0 aliphatic carbocycles. The number of ketones is 1. The Balaban J connectivity index is 1.51. The van der Waals surface area contributed by atoms with Crippen molar-refractivity contribution in [3.05, 3.63) is 0 Å². The van der Waals surface area contributed by atoms with Gasteiger partial charge in [-0.25, -0.2) is 0 Å². The predicted molar refractivity (Wildman–Crippen MR) is 332 cm³/mol.